The van der Waals surface area contributed by atoms with Crippen molar-refractivity contribution in [2.45, 2.75) is 63.6 Å². The molecule has 4 unspecified atom stereocenters. The Labute approximate surface area is 126 Å². The Morgan fingerprint density at radius 2 is 2.14 bits per heavy atom. The second-order valence-corrected chi connectivity index (χ2v) is 6.45. The third kappa shape index (κ3) is 2.82. The van der Waals surface area contributed by atoms with Gasteiger partial charge in [0.1, 0.15) is 6.04 Å². The first-order valence-electron chi connectivity index (χ1n) is 8.08. The minimum absolute atomic E-state index is 0.116. The molecule has 0 spiro atoms. The average Bonchev–Trinajstić information content (AvgIpc) is 2.53. The number of fused-ring (bicyclic) bond motifs is 1. The first-order chi connectivity index (χ1) is 10.2. The van der Waals surface area contributed by atoms with E-state index in [1.807, 2.05) is 12.3 Å². The van der Waals surface area contributed by atoms with Crippen LogP contribution in [-0.2, 0) is 4.79 Å². The number of rotatable bonds is 3. The van der Waals surface area contributed by atoms with Gasteiger partial charge in [-0.3, -0.25) is 14.7 Å². The van der Waals surface area contributed by atoms with Crippen molar-refractivity contribution in [2.24, 2.45) is 5.92 Å². The molecule has 0 bridgehead atoms. The maximum Gasteiger partial charge on any atom is 0.320 e. The van der Waals surface area contributed by atoms with E-state index >= 15 is 0 Å². The van der Waals surface area contributed by atoms with Gasteiger partial charge < -0.3 is 5.11 Å². The summed E-state index contributed by atoms with van der Waals surface area (Å²) in [6.07, 6.45) is 10.4. The Balaban J connectivity index is 1.90. The van der Waals surface area contributed by atoms with Crippen LogP contribution in [0.1, 0.15) is 57.1 Å². The van der Waals surface area contributed by atoms with E-state index in [0.717, 1.165) is 24.8 Å². The molecule has 1 saturated carbocycles. The molecular weight excluding hydrogens is 264 g/mol. The molecule has 4 heteroatoms. The van der Waals surface area contributed by atoms with Crippen molar-refractivity contribution >= 4 is 5.97 Å². The Kier molecular flexibility index (Phi) is 4.24. The fourth-order valence-electron chi connectivity index (χ4n) is 4.27. The van der Waals surface area contributed by atoms with Crippen LogP contribution in [0, 0.1) is 5.92 Å². The summed E-state index contributed by atoms with van der Waals surface area (Å²) in [5.74, 6) is 0.00300. The number of nitrogens with zero attached hydrogens (tertiary/aromatic N) is 2. The number of piperidine rings is 1. The molecule has 1 N–H and O–H groups in total. The second kappa shape index (κ2) is 6.14. The molecule has 0 radical (unpaired) electrons. The fraction of sp³-hybridized carbons (Fsp3) is 0.647. The summed E-state index contributed by atoms with van der Waals surface area (Å²) in [6, 6.07) is 4.18. The van der Waals surface area contributed by atoms with Crippen molar-refractivity contribution in [3.8, 4) is 0 Å². The van der Waals surface area contributed by atoms with Crippen molar-refractivity contribution in [1.29, 1.82) is 0 Å². The number of likely N-dealkylation sites (tertiary alicyclic amines) is 1. The summed E-state index contributed by atoms with van der Waals surface area (Å²) in [7, 11) is 0. The highest BCUT2D eigenvalue weighted by molar-refractivity contribution is 5.73. The van der Waals surface area contributed by atoms with Crippen LogP contribution in [0.3, 0.4) is 0 Å². The number of carboxylic acid groups (broad SMARTS) is 1. The monoisotopic (exact) mass is 288 g/mol. The summed E-state index contributed by atoms with van der Waals surface area (Å²) in [5, 5.41) is 9.64. The summed E-state index contributed by atoms with van der Waals surface area (Å²) < 4.78 is 0. The van der Waals surface area contributed by atoms with Gasteiger partial charge in [0.25, 0.3) is 0 Å². The number of aromatic nitrogens is 1. The predicted molar refractivity (Wildman–Crippen MR) is 80.9 cm³/mol. The minimum Gasteiger partial charge on any atom is -0.480 e. The van der Waals surface area contributed by atoms with Gasteiger partial charge in [0.2, 0.25) is 0 Å². The number of carboxylic acids is 1. The molecule has 2 heterocycles. The zero-order valence-corrected chi connectivity index (χ0v) is 12.6. The van der Waals surface area contributed by atoms with Gasteiger partial charge in [0.05, 0.1) is 0 Å². The number of carbonyl (C=O) groups is 1. The van der Waals surface area contributed by atoms with E-state index in [2.05, 4.69) is 22.9 Å². The first-order valence-corrected chi connectivity index (χ1v) is 8.08. The molecule has 3 rings (SSSR count). The van der Waals surface area contributed by atoms with Crippen LogP contribution in [-0.4, -0.2) is 33.0 Å². The maximum atomic E-state index is 11.7. The van der Waals surface area contributed by atoms with Crippen LogP contribution < -0.4 is 0 Å². The lowest BCUT2D eigenvalue weighted by atomic mass is 9.75. The van der Waals surface area contributed by atoms with Crippen LogP contribution in [0.2, 0.25) is 0 Å². The molecule has 1 aliphatic heterocycles. The molecule has 0 aromatic carbocycles. The lowest BCUT2D eigenvalue weighted by molar-refractivity contribution is -0.150. The van der Waals surface area contributed by atoms with Gasteiger partial charge >= 0.3 is 5.97 Å². The summed E-state index contributed by atoms with van der Waals surface area (Å²) in [4.78, 5) is 18.2. The van der Waals surface area contributed by atoms with Gasteiger partial charge in [-0.2, -0.15) is 0 Å². The van der Waals surface area contributed by atoms with Crippen LogP contribution >= 0.6 is 0 Å². The lowest BCUT2D eigenvalue weighted by Crippen LogP contribution is -2.55. The highest BCUT2D eigenvalue weighted by Crippen LogP contribution is 2.41. The molecular formula is C17H24N2O2. The minimum atomic E-state index is -0.672. The molecule has 1 saturated heterocycles. The number of pyridine rings is 1. The van der Waals surface area contributed by atoms with Crippen LogP contribution in [0.25, 0.3) is 0 Å². The molecule has 21 heavy (non-hydrogen) atoms. The molecule has 4 nitrogen and oxygen atoms in total. The zero-order valence-electron chi connectivity index (χ0n) is 12.6. The third-order valence-corrected chi connectivity index (χ3v) is 5.32. The molecule has 1 aromatic rings. The topological polar surface area (TPSA) is 53.4 Å². The number of aliphatic carboxylic acids is 1. The van der Waals surface area contributed by atoms with Gasteiger partial charge in [-0.25, -0.2) is 0 Å². The van der Waals surface area contributed by atoms with E-state index in [0.29, 0.717) is 12.0 Å². The smallest absolute Gasteiger partial charge is 0.320 e. The molecule has 2 fully saturated rings. The normalized spacial score (nSPS) is 31.4. The molecule has 4 atom stereocenters. The van der Waals surface area contributed by atoms with E-state index in [9.17, 15) is 9.90 Å². The van der Waals surface area contributed by atoms with Crippen molar-refractivity contribution < 1.29 is 9.90 Å². The quantitative estimate of drug-likeness (QED) is 0.927. The molecule has 114 valence electrons. The van der Waals surface area contributed by atoms with E-state index < -0.39 is 5.97 Å². The van der Waals surface area contributed by atoms with Crippen molar-refractivity contribution in [3.63, 3.8) is 0 Å². The first kappa shape index (κ1) is 14.5. The Bertz CT molecular complexity index is 491. The van der Waals surface area contributed by atoms with E-state index in [-0.39, 0.29) is 12.1 Å². The van der Waals surface area contributed by atoms with Gasteiger partial charge in [-0.1, -0.05) is 18.9 Å². The van der Waals surface area contributed by atoms with Crippen molar-refractivity contribution in [3.05, 3.63) is 30.1 Å². The number of hydrogen-bond donors (Lipinski definition) is 1. The highest BCUT2D eigenvalue weighted by Gasteiger charge is 2.43. The van der Waals surface area contributed by atoms with E-state index in [1.54, 1.807) is 6.20 Å². The fourth-order valence-corrected chi connectivity index (χ4v) is 4.27. The summed E-state index contributed by atoms with van der Waals surface area (Å²) in [5.41, 5.74) is 1.12. The maximum absolute atomic E-state index is 11.7. The zero-order chi connectivity index (χ0) is 14.8. The van der Waals surface area contributed by atoms with Gasteiger partial charge in [0.15, 0.2) is 0 Å². The van der Waals surface area contributed by atoms with E-state index in [1.165, 1.54) is 19.3 Å². The van der Waals surface area contributed by atoms with Gasteiger partial charge in [0, 0.05) is 24.5 Å². The Morgan fingerprint density at radius 1 is 1.33 bits per heavy atom. The predicted octanol–water partition coefficient (Wildman–Crippen LogP) is 3.25. The standard InChI is InChI=1S/C17H24N2O2/c1-12(14-6-4-10-18-11-14)19-15-7-3-2-5-13(15)8-9-16(19)17(20)21/h4,6,10-13,15-16H,2-3,5,7-9H2,1H3,(H,20,21). The largest absolute Gasteiger partial charge is 0.480 e. The van der Waals surface area contributed by atoms with Crippen molar-refractivity contribution in [1.82, 2.24) is 9.88 Å². The van der Waals surface area contributed by atoms with Crippen LogP contribution in [0.15, 0.2) is 24.5 Å². The highest BCUT2D eigenvalue weighted by atomic mass is 16.4. The number of hydrogen-bond acceptors (Lipinski definition) is 3. The van der Waals surface area contributed by atoms with E-state index in [4.69, 9.17) is 0 Å². The summed E-state index contributed by atoms with van der Waals surface area (Å²) in [6.45, 7) is 2.13. The Hall–Kier alpha value is -1.42. The van der Waals surface area contributed by atoms with Gasteiger partial charge in [-0.05, 0) is 50.2 Å². The summed E-state index contributed by atoms with van der Waals surface area (Å²) >= 11 is 0. The second-order valence-electron chi connectivity index (χ2n) is 6.45. The Morgan fingerprint density at radius 3 is 2.86 bits per heavy atom. The SMILES string of the molecule is CC(c1cccnc1)N1C(C(=O)O)CCC2CCCCC21. The van der Waals surface area contributed by atoms with Crippen LogP contribution in [0.5, 0.6) is 0 Å². The van der Waals surface area contributed by atoms with Crippen LogP contribution in [0.4, 0.5) is 0 Å². The van der Waals surface area contributed by atoms with Crippen molar-refractivity contribution in [2.75, 3.05) is 0 Å². The van der Waals surface area contributed by atoms with Gasteiger partial charge in [-0.15, -0.1) is 0 Å². The molecule has 2 aliphatic rings. The molecule has 0 amide bonds. The average molecular weight is 288 g/mol. The third-order valence-electron chi connectivity index (χ3n) is 5.32. The lowest BCUT2D eigenvalue weighted by Gasteiger charge is -2.49. The molecule has 1 aliphatic carbocycles. The molecule has 1 aromatic heterocycles.